The molecule has 0 aromatic heterocycles. The third kappa shape index (κ3) is 8.55. The zero-order chi connectivity index (χ0) is 17.1. The lowest BCUT2D eigenvalue weighted by Crippen LogP contribution is -2.28. The largest absolute Gasteiger partial charge is 0.386 e. The first-order valence-corrected chi connectivity index (χ1v) is 7.46. The van der Waals surface area contributed by atoms with E-state index in [2.05, 4.69) is 10.5 Å². The summed E-state index contributed by atoms with van der Waals surface area (Å²) in [6.07, 6.45) is 3.69. The summed E-state index contributed by atoms with van der Waals surface area (Å²) in [6.45, 7) is 2.11. The van der Waals surface area contributed by atoms with Gasteiger partial charge < -0.3 is 15.9 Å². The highest BCUT2D eigenvalue weighted by Crippen LogP contribution is 2.06. The molecule has 0 aliphatic carbocycles. The molecule has 0 radical (unpaired) electrons. The Morgan fingerprint density at radius 3 is 2.74 bits per heavy atom. The van der Waals surface area contributed by atoms with Gasteiger partial charge in [0.05, 0.1) is 6.21 Å². The van der Waals surface area contributed by atoms with Crippen LogP contribution < -0.4 is 11.1 Å². The highest BCUT2D eigenvalue weighted by Gasteiger charge is 2.07. The fraction of sp³-hybridized carbons (Fsp3) is 0.438. The molecule has 0 saturated heterocycles. The molecule has 0 fully saturated rings. The minimum atomic E-state index is -0.326. The van der Waals surface area contributed by atoms with E-state index < -0.39 is 0 Å². The molecule has 0 heterocycles. The molecule has 1 unspecified atom stereocenters. The van der Waals surface area contributed by atoms with Gasteiger partial charge in [-0.15, -0.1) is 0 Å². The van der Waals surface area contributed by atoms with Crippen molar-refractivity contribution in [3.63, 3.8) is 0 Å². The molecule has 2 amide bonds. The number of carbonyl (C=O) groups excluding carboxylic acids is 2. The Morgan fingerprint density at radius 2 is 2.09 bits per heavy atom. The second kappa shape index (κ2) is 10.3. The van der Waals surface area contributed by atoms with Gasteiger partial charge in [-0.05, 0) is 30.5 Å². The van der Waals surface area contributed by atoms with Gasteiger partial charge in [0, 0.05) is 13.9 Å². The Labute approximate surface area is 136 Å². The van der Waals surface area contributed by atoms with Crippen LogP contribution in [0.1, 0.15) is 33.2 Å². The van der Waals surface area contributed by atoms with Gasteiger partial charge in [-0.3, -0.25) is 9.59 Å². The van der Waals surface area contributed by atoms with Crippen LogP contribution in [0.4, 0.5) is 4.39 Å². The van der Waals surface area contributed by atoms with E-state index in [-0.39, 0.29) is 31.6 Å². The molecular weight excluding hydrogens is 300 g/mol. The van der Waals surface area contributed by atoms with E-state index in [1.165, 1.54) is 18.3 Å². The van der Waals surface area contributed by atoms with Crippen molar-refractivity contribution in [3.05, 3.63) is 35.6 Å². The van der Waals surface area contributed by atoms with Gasteiger partial charge in [-0.2, -0.15) is 0 Å². The Hall–Kier alpha value is -2.44. The minimum absolute atomic E-state index is 0. The molecule has 0 spiro atoms. The van der Waals surface area contributed by atoms with Gasteiger partial charge in [0.15, 0.2) is 6.61 Å². The number of nitrogens with zero attached hydrogens (tertiary/aromatic N) is 1. The lowest BCUT2D eigenvalue weighted by molar-refractivity contribution is -0.125. The van der Waals surface area contributed by atoms with E-state index in [1.54, 1.807) is 19.1 Å². The predicted octanol–water partition coefficient (Wildman–Crippen LogP) is 1.83. The van der Waals surface area contributed by atoms with E-state index >= 15 is 0 Å². The van der Waals surface area contributed by atoms with Crippen LogP contribution in [0, 0.1) is 11.7 Å². The Kier molecular flexibility index (Phi) is 8.34. The van der Waals surface area contributed by atoms with E-state index in [1.807, 2.05) is 0 Å². The fourth-order valence-corrected chi connectivity index (χ4v) is 1.74. The second-order valence-corrected chi connectivity index (χ2v) is 5.21. The minimum Gasteiger partial charge on any atom is -0.386 e. The molecule has 0 bridgehead atoms. The van der Waals surface area contributed by atoms with Gasteiger partial charge in [0.1, 0.15) is 5.82 Å². The molecule has 3 N–H and O–H groups in total. The van der Waals surface area contributed by atoms with Crippen molar-refractivity contribution in [2.45, 2.75) is 26.2 Å². The summed E-state index contributed by atoms with van der Waals surface area (Å²) in [5, 5.41) is 6.33. The first kappa shape index (κ1) is 18.6. The fourth-order valence-electron chi connectivity index (χ4n) is 1.74. The van der Waals surface area contributed by atoms with Crippen LogP contribution in [-0.2, 0) is 14.4 Å². The number of nitrogens with two attached hydrogens (primary N) is 1. The summed E-state index contributed by atoms with van der Waals surface area (Å²) in [4.78, 5) is 27.2. The van der Waals surface area contributed by atoms with Crippen molar-refractivity contribution < 1.29 is 20.2 Å². The van der Waals surface area contributed by atoms with Crippen molar-refractivity contribution >= 4 is 18.0 Å². The van der Waals surface area contributed by atoms with Gasteiger partial charge >= 0.3 is 0 Å². The van der Waals surface area contributed by atoms with Gasteiger partial charge in [0.25, 0.3) is 5.91 Å². The number of carbonyl (C=O) groups is 2. The number of amides is 2. The molecule has 1 atom stereocenters. The van der Waals surface area contributed by atoms with Crippen LogP contribution in [-0.4, -0.2) is 31.2 Å². The highest BCUT2D eigenvalue weighted by atomic mass is 18.2. The van der Waals surface area contributed by atoms with Gasteiger partial charge in [-0.1, -0.05) is 30.6 Å². The topological polar surface area (TPSA) is 93.8 Å². The molecule has 0 aliphatic heterocycles. The standard InChI is InChI=1S/C16H22FN3O3.H2/c1-12(16(18)22)4-2-3-9-19-15(21)11-23-20-10-13-5-7-14(17)8-6-13;/h5-8,10,12H,2-4,9,11H2,1H3,(H2,18,22)(H,19,21);1H/b20-10+;/i17-1;. The maximum Gasteiger partial charge on any atom is 0.260 e. The summed E-state index contributed by atoms with van der Waals surface area (Å²) in [5.41, 5.74) is 5.84. The Balaban J connectivity index is 0.00000529. The van der Waals surface area contributed by atoms with Crippen LogP contribution in [0.15, 0.2) is 29.4 Å². The summed E-state index contributed by atoms with van der Waals surface area (Å²) in [5.74, 6) is -1.05. The predicted molar refractivity (Wildman–Crippen MR) is 87.3 cm³/mol. The SMILES string of the molecule is CC(CCCCNC(=O)CO/N=C/c1ccc([18F])cc1)C(N)=O.[HH]. The average Bonchev–Trinajstić information content (AvgIpc) is 2.52. The molecular formula is C16H24FN3O3. The van der Waals surface area contributed by atoms with Crippen LogP contribution in [0.25, 0.3) is 0 Å². The number of hydrogen-bond donors (Lipinski definition) is 2. The van der Waals surface area contributed by atoms with Crippen molar-refractivity contribution in [1.29, 1.82) is 0 Å². The molecule has 0 aliphatic rings. The second-order valence-electron chi connectivity index (χ2n) is 5.21. The number of nitrogens with one attached hydrogen (secondary N) is 1. The molecule has 1 rings (SSSR count). The Bertz CT molecular complexity index is 538. The first-order chi connectivity index (χ1) is 11.0. The number of oxime groups is 1. The van der Waals surface area contributed by atoms with E-state index in [0.717, 1.165) is 12.8 Å². The molecule has 23 heavy (non-hydrogen) atoms. The molecule has 0 saturated carbocycles. The molecule has 6 nitrogen and oxygen atoms in total. The average molecular weight is 324 g/mol. The zero-order valence-corrected chi connectivity index (χ0v) is 13.1. The zero-order valence-electron chi connectivity index (χ0n) is 13.1. The van der Waals surface area contributed by atoms with Gasteiger partial charge in [-0.25, -0.2) is 4.39 Å². The van der Waals surface area contributed by atoms with E-state index in [9.17, 15) is 14.0 Å². The number of halogens is 1. The normalized spacial score (nSPS) is 12.1. The van der Waals surface area contributed by atoms with Crippen LogP contribution in [0.3, 0.4) is 0 Å². The van der Waals surface area contributed by atoms with Crippen molar-refractivity contribution in [3.8, 4) is 0 Å². The lowest BCUT2D eigenvalue weighted by atomic mass is 10.0. The van der Waals surface area contributed by atoms with Crippen LogP contribution >= 0.6 is 0 Å². The summed E-state index contributed by atoms with van der Waals surface area (Å²) in [7, 11) is 0. The number of unbranched alkanes of at least 4 members (excludes halogenated alkanes) is 1. The molecule has 1 aromatic rings. The maximum absolute atomic E-state index is 12.7. The van der Waals surface area contributed by atoms with Crippen molar-refractivity contribution in [1.82, 2.24) is 5.32 Å². The third-order valence-corrected chi connectivity index (χ3v) is 3.21. The third-order valence-electron chi connectivity index (χ3n) is 3.21. The summed E-state index contributed by atoms with van der Waals surface area (Å²) >= 11 is 0. The number of rotatable bonds is 10. The number of hydrogen-bond acceptors (Lipinski definition) is 4. The molecule has 7 heteroatoms. The maximum atomic E-state index is 12.7. The molecule has 128 valence electrons. The lowest BCUT2D eigenvalue weighted by Gasteiger charge is -2.07. The summed E-state index contributed by atoms with van der Waals surface area (Å²) in [6, 6.07) is 5.73. The molecule has 1 aromatic carbocycles. The monoisotopic (exact) mass is 324 g/mol. The number of primary amides is 1. The summed E-state index contributed by atoms with van der Waals surface area (Å²) < 4.78 is 12.7. The smallest absolute Gasteiger partial charge is 0.260 e. The number of benzene rings is 1. The van der Waals surface area contributed by atoms with Gasteiger partial charge in [0.2, 0.25) is 5.91 Å². The van der Waals surface area contributed by atoms with Crippen LogP contribution in [0.5, 0.6) is 0 Å². The quantitative estimate of drug-likeness (QED) is 0.390. The first-order valence-electron chi connectivity index (χ1n) is 7.46. The van der Waals surface area contributed by atoms with Crippen molar-refractivity contribution in [2.24, 2.45) is 16.8 Å². The highest BCUT2D eigenvalue weighted by molar-refractivity contribution is 5.79. The van der Waals surface area contributed by atoms with Crippen molar-refractivity contribution in [2.75, 3.05) is 13.2 Å². The van der Waals surface area contributed by atoms with E-state index in [0.29, 0.717) is 18.5 Å². The van der Waals surface area contributed by atoms with E-state index in [4.69, 9.17) is 10.6 Å². The van der Waals surface area contributed by atoms with Crippen LogP contribution in [0.2, 0.25) is 0 Å². The Morgan fingerprint density at radius 1 is 1.39 bits per heavy atom.